The molecule has 3 aromatic carbocycles. The number of hydrogen-bond donors (Lipinski definition) is 2. The van der Waals surface area contributed by atoms with Gasteiger partial charge >= 0.3 is 11.9 Å². The summed E-state index contributed by atoms with van der Waals surface area (Å²) in [4.78, 5) is 54.8. The number of carbonyl (C=O) groups excluding carboxylic acids is 4. The van der Waals surface area contributed by atoms with Crippen LogP contribution in [-0.2, 0) is 50.0 Å². The van der Waals surface area contributed by atoms with Crippen LogP contribution in [0.25, 0.3) is 10.4 Å². The number of unbranched alkanes of at least 4 members (excludes halogenated alkanes) is 1. The first-order valence-electron chi connectivity index (χ1n) is 18.9. The van der Waals surface area contributed by atoms with E-state index in [-0.39, 0.29) is 48.1 Å². The van der Waals surface area contributed by atoms with E-state index < -0.39 is 21.9 Å². The summed E-state index contributed by atoms with van der Waals surface area (Å²) in [5.74, 6) is -1.75. The molecule has 2 aliphatic rings. The van der Waals surface area contributed by atoms with Crippen molar-refractivity contribution in [3.63, 3.8) is 0 Å². The number of rotatable bonds is 18. The predicted molar refractivity (Wildman–Crippen MR) is 216 cm³/mol. The zero-order valence-electron chi connectivity index (χ0n) is 31.6. The number of nitrogens with zero attached hydrogens (tertiary/aromatic N) is 4. The maximum atomic E-state index is 13.9. The average Bonchev–Trinajstić information content (AvgIpc) is 3.99. The number of thiophene rings is 1. The molecule has 0 spiro atoms. The van der Waals surface area contributed by atoms with E-state index in [1.54, 1.807) is 24.3 Å². The van der Waals surface area contributed by atoms with Gasteiger partial charge < -0.3 is 20.1 Å². The van der Waals surface area contributed by atoms with E-state index in [9.17, 15) is 27.6 Å². The molecule has 1 heterocycles. The fourth-order valence-electron chi connectivity index (χ4n) is 6.74. The Bertz CT molecular complexity index is 2260. The van der Waals surface area contributed by atoms with Gasteiger partial charge in [-0.15, -0.1) is 11.3 Å². The highest BCUT2D eigenvalue weighted by molar-refractivity contribution is 7.89. The molecule has 2 aliphatic carbocycles. The Morgan fingerprint density at radius 2 is 1.60 bits per heavy atom. The van der Waals surface area contributed by atoms with E-state index in [1.165, 1.54) is 34.9 Å². The second-order valence-corrected chi connectivity index (χ2v) is 16.9. The second kappa shape index (κ2) is 19.1. The van der Waals surface area contributed by atoms with Crippen molar-refractivity contribution in [1.82, 2.24) is 4.31 Å². The molecule has 0 saturated heterocycles. The highest BCUT2D eigenvalue weighted by atomic mass is 32.2. The van der Waals surface area contributed by atoms with Crippen LogP contribution in [0.5, 0.6) is 0 Å². The topological polar surface area (TPSA) is 197 Å². The number of ether oxygens (including phenoxy) is 2. The van der Waals surface area contributed by atoms with Crippen LogP contribution in [-0.4, -0.2) is 62.9 Å². The summed E-state index contributed by atoms with van der Waals surface area (Å²) in [6, 6.07) is 20.4. The molecular weight excluding hydrogens is 769 g/mol. The first-order valence-corrected chi connectivity index (χ1v) is 21.1. The summed E-state index contributed by atoms with van der Waals surface area (Å²) in [5, 5.41) is 9.57. The van der Waals surface area contributed by atoms with Gasteiger partial charge in [0.05, 0.1) is 23.1 Å². The van der Waals surface area contributed by atoms with Crippen LogP contribution >= 0.6 is 11.3 Å². The lowest BCUT2D eigenvalue weighted by atomic mass is 9.95. The molecule has 1 fully saturated rings. The summed E-state index contributed by atoms with van der Waals surface area (Å²) in [7, 11) is -2.59. The van der Waals surface area contributed by atoms with Gasteiger partial charge in [-0.1, -0.05) is 35.4 Å². The molecule has 2 amide bonds. The van der Waals surface area contributed by atoms with Gasteiger partial charge in [0.1, 0.15) is 5.00 Å². The maximum absolute atomic E-state index is 13.9. The van der Waals surface area contributed by atoms with Crippen molar-refractivity contribution in [2.45, 2.75) is 81.6 Å². The molecule has 0 atom stereocenters. The largest absolute Gasteiger partial charge is 0.469 e. The number of fused-ring (bicyclic) bond motifs is 1. The lowest BCUT2D eigenvalue weighted by Crippen LogP contribution is -2.34. The average molecular weight is 813 g/mol. The minimum atomic E-state index is -3.91. The van der Waals surface area contributed by atoms with Crippen molar-refractivity contribution >= 4 is 55.8 Å². The van der Waals surface area contributed by atoms with Crippen molar-refractivity contribution in [2.24, 2.45) is 5.11 Å². The van der Waals surface area contributed by atoms with Crippen LogP contribution in [0.15, 0.2) is 82.8 Å². The van der Waals surface area contributed by atoms with Gasteiger partial charge in [-0.05, 0) is 129 Å². The number of esters is 2. The highest BCUT2D eigenvalue weighted by Crippen LogP contribution is 2.39. The number of sulfonamides is 1. The lowest BCUT2D eigenvalue weighted by Gasteiger charge is -2.22. The molecule has 0 bridgehead atoms. The Labute approximate surface area is 335 Å². The first kappa shape index (κ1) is 41.1. The molecule has 0 radical (unpaired) electrons. The van der Waals surface area contributed by atoms with E-state index in [1.807, 2.05) is 36.4 Å². The van der Waals surface area contributed by atoms with Gasteiger partial charge in [-0.2, -0.15) is 4.31 Å². The number of benzene rings is 3. The standard InChI is InChI=1S/C41H44N6O8S2/c1-54-36(48)11-4-5-24-47(32-22-23-32)57(52,53)33-8-6-7-30(25-33)38(49)45-40-37(34-9-2-3-10-35(34)56-40)39(50)44-31-20-16-28(17-21-31)13-12-27-14-18-29(19-15-27)41(51)55-26-43-46-42/h6-8,14-21,25,32H,2-5,9-13,22-24,26H2,1H3,(H,44,50)(H,45,49). The van der Waals surface area contributed by atoms with Crippen molar-refractivity contribution in [3.05, 3.63) is 121 Å². The molecule has 0 unspecified atom stereocenters. The van der Waals surface area contributed by atoms with Crippen LogP contribution in [0.1, 0.15) is 97.6 Å². The predicted octanol–water partition coefficient (Wildman–Crippen LogP) is 7.84. The summed E-state index contributed by atoms with van der Waals surface area (Å²) in [6.45, 7) is -0.100. The van der Waals surface area contributed by atoms with Crippen LogP contribution in [0.4, 0.5) is 10.7 Å². The van der Waals surface area contributed by atoms with E-state index in [0.29, 0.717) is 41.1 Å². The number of aryl methyl sites for hydroxylation is 3. The summed E-state index contributed by atoms with van der Waals surface area (Å²) in [6.07, 6.45) is 7.62. The minimum absolute atomic E-state index is 0.0155. The lowest BCUT2D eigenvalue weighted by molar-refractivity contribution is -0.140. The number of anilines is 2. The van der Waals surface area contributed by atoms with E-state index in [4.69, 9.17) is 15.0 Å². The number of hydrogen-bond acceptors (Lipinski definition) is 10. The van der Waals surface area contributed by atoms with Gasteiger partial charge in [-0.3, -0.25) is 14.4 Å². The molecule has 2 N–H and O–H groups in total. The smallest absolute Gasteiger partial charge is 0.338 e. The molecule has 4 aromatic rings. The summed E-state index contributed by atoms with van der Waals surface area (Å²) in [5.41, 5.74) is 12.9. The SMILES string of the molecule is COC(=O)CCCCN(C1CC1)S(=O)(=O)c1cccc(C(=O)Nc2sc3c(c2C(=O)Nc2ccc(CCc4ccc(C(=O)OCN=[N+]=[N-])cc4)cc2)CCCC3)c1. The van der Waals surface area contributed by atoms with E-state index in [0.717, 1.165) is 66.5 Å². The minimum Gasteiger partial charge on any atom is -0.469 e. The number of methoxy groups -OCH3 is 1. The highest BCUT2D eigenvalue weighted by Gasteiger charge is 2.38. The Kier molecular flexibility index (Phi) is 13.8. The Morgan fingerprint density at radius 3 is 2.28 bits per heavy atom. The fourth-order valence-corrected chi connectivity index (χ4v) is 9.80. The molecule has 14 nitrogen and oxygen atoms in total. The summed E-state index contributed by atoms with van der Waals surface area (Å²) < 4.78 is 38.6. The van der Waals surface area contributed by atoms with Crippen molar-refractivity contribution < 1.29 is 37.1 Å². The maximum Gasteiger partial charge on any atom is 0.338 e. The zero-order chi connectivity index (χ0) is 40.4. The molecule has 57 heavy (non-hydrogen) atoms. The molecule has 298 valence electrons. The van der Waals surface area contributed by atoms with Crippen LogP contribution in [0.2, 0.25) is 0 Å². The first-order chi connectivity index (χ1) is 27.6. The van der Waals surface area contributed by atoms with E-state index in [2.05, 4.69) is 20.7 Å². The second-order valence-electron chi connectivity index (χ2n) is 13.9. The van der Waals surface area contributed by atoms with Crippen molar-refractivity contribution in [1.29, 1.82) is 0 Å². The van der Waals surface area contributed by atoms with Gasteiger partial charge in [0.2, 0.25) is 10.0 Å². The Balaban J connectivity index is 1.10. The third-order valence-electron chi connectivity index (χ3n) is 9.94. The Hall–Kier alpha value is -5.54. The molecule has 1 saturated carbocycles. The van der Waals surface area contributed by atoms with Gasteiger partial charge in [-0.25, -0.2) is 13.2 Å². The zero-order valence-corrected chi connectivity index (χ0v) is 33.2. The van der Waals surface area contributed by atoms with Gasteiger partial charge in [0, 0.05) is 40.0 Å². The number of nitrogens with one attached hydrogen (secondary N) is 2. The van der Waals surface area contributed by atoms with Crippen LogP contribution in [0, 0.1) is 0 Å². The van der Waals surface area contributed by atoms with Gasteiger partial charge in [0.15, 0.2) is 6.73 Å². The number of carbonyl (C=O) groups is 4. The quantitative estimate of drug-likeness (QED) is 0.0333. The molecule has 0 aliphatic heterocycles. The monoisotopic (exact) mass is 812 g/mol. The normalized spacial score (nSPS) is 13.6. The molecule has 1 aromatic heterocycles. The fraction of sp³-hybridized carbons (Fsp3) is 0.366. The molecular formula is C41H44N6O8S2. The molecule has 6 rings (SSSR count). The van der Waals surface area contributed by atoms with Crippen molar-refractivity contribution in [3.8, 4) is 0 Å². The Morgan fingerprint density at radius 1 is 0.895 bits per heavy atom. The van der Waals surface area contributed by atoms with Gasteiger partial charge in [0.25, 0.3) is 11.8 Å². The molecule has 16 heteroatoms. The summed E-state index contributed by atoms with van der Waals surface area (Å²) >= 11 is 1.38. The number of azide groups is 1. The van der Waals surface area contributed by atoms with E-state index >= 15 is 0 Å². The number of amides is 2. The van der Waals surface area contributed by atoms with Crippen LogP contribution < -0.4 is 10.6 Å². The third kappa shape index (κ3) is 10.7. The van der Waals surface area contributed by atoms with Crippen LogP contribution in [0.3, 0.4) is 0 Å². The van der Waals surface area contributed by atoms with Crippen molar-refractivity contribution in [2.75, 3.05) is 31.0 Å². The third-order valence-corrected chi connectivity index (χ3v) is 13.1.